The van der Waals surface area contributed by atoms with Gasteiger partial charge in [-0.15, -0.1) is 0 Å². The zero-order chi connectivity index (χ0) is 14.7. The second kappa shape index (κ2) is 6.41. The Hall–Kier alpha value is -1.34. The van der Waals surface area contributed by atoms with Gasteiger partial charge in [0.15, 0.2) is 0 Å². The number of aliphatic carboxylic acids is 1. The van der Waals surface area contributed by atoms with Crippen molar-refractivity contribution in [1.82, 2.24) is 9.80 Å². The van der Waals surface area contributed by atoms with E-state index in [-0.39, 0.29) is 19.0 Å². The lowest BCUT2D eigenvalue weighted by molar-refractivity contribution is -0.141. The molecule has 0 bridgehead atoms. The van der Waals surface area contributed by atoms with Crippen molar-refractivity contribution in [2.45, 2.75) is 31.4 Å². The van der Waals surface area contributed by atoms with Gasteiger partial charge in [0.2, 0.25) is 0 Å². The van der Waals surface area contributed by atoms with Gasteiger partial charge in [-0.1, -0.05) is 0 Å². The number of likely N-dealkylation sites (tertiary alicyclic amines) is 2. The number of aliphatic hydroxyl groups excluding tert-OH is 1. The number of carbonyl (C=O) groups is 2. The summed E-state index contributed by atoms with van der Waals surface area (Å²) in [6, 6.07) is -1.20. The number of ether oxygens (including phenoxy) is 1. The summed E-state index contributed by atoms with van der Waals surface area (Å²) in [4.78, 5) is 26.6. The van der Waals surface area contributed by atoms with E-state index in [0.717, 1.165) is 12.8 Å². The van der Waals surface area contributed by atoms with Gasteiger partial charge in [-0.25, -0.2) is 9.59 Å². The van der Waals surface area contributed by atoms with E-state index in [1.54, 1.807) is 12.0 Å². The number of urea groups is 1. The predicted molar refractivity (Wildman–Crippen MR) is 70.3 cm³/mol. The lowest BCUT2D eigenvalue weighted by Gasteiger charge is -2.36. The monoisotopic (exact) mass is 286 g/mol. The number of amides is 2. The van der Waals surface area contributed by atoms with Crippen molar-refractivity contribution in [2.24, 2.45) is 5.92 Å². The number of aliphatic hydroxyl groups is 1. The maximum Gasteiger partial charge on any atom is 0.326 e. The fourth-order valence-electron chi connectivity index (χ4n) is 3.05. The van der Waals surface area contributed by atoms with Crippen molar-refractivity contribution in [3.63, 3.8) is 0 Å². The summed E-state index contributed by atoms with van der Waals surface area (Å²) >= 11 is 0. The van der Waals surface area contributed by atoms with E-state index in [4.69, 9.17) is 9.84 Å². The fourth-order valence-corrected chi connectivity index (χ4v) is 3.05. The molecule has 0 saturated carbocycles. The minimum Gasteiger partial charge on any atom is -0.480 e. The van der Waals surface area contributed by atoms with Crippen LogP contribution in [0.1, 0.15) is 19.3 Å². The van der Waals surface area contributed by atoms with Crippen LogP contribution in [-0.4, -0.2) is 77.5 Å². The minimum absolute atomic E-state index is 0.0985. The van der Waals surface area contributed by atoms with Crippen LogP contribution in [0.2, 0.25) is 0 Å². The Kier molecular flexibility index (Phi) is 4.82. The van der Waals surface area contributed by atoms with Gasteiger partial charge >= 0.3 is 12.0 Å². The number of methoxy groups -OCH3 is 1. The average Bonchev–Trinajstić information content (AvgIpc) is 2.81. The molecule has 2 heterocycles. The summed E-state index contributed by atoms with van der Waals surface area (Å²) < 4.78 is 5.13. The van der Waals surface area contributed by atoms with Crippen molar-refractivity contribution in [3.8, 4) is 0 Å². The number of piperidine rings is 1. The number of carboxylic acids is 1. The summed E-state index contributed by atoms with van der Waals surface area (Å²) in [5.74, 6) is -0.756. The van der Waals surface area contributed by atoms with Gasteiger partial charge in [0.25, 0.3) is 0 Å². The first-order valence-corrected chi connectivity index (χ1v) is 6.98. The Balaban J connectivity index is 2.00. The molecule has 2 amide bonds. The van der Waals surface area contributed by atoms with Crippen LogP contribution in [0, 0.1) is 5.92 Å². The number of carboxylic acid groups (broad SMARTS) is 1. The normalized spacial score (nSPS) is 30.6. The van der Waals surface area contributed by atoms with Crippen molar-refractivity contribution in [1.29, 1.82) is 0 Å². The highest BCUT2D eigenvalue weighted by molar-refractivity contribution is 5.83. The molecule has 2 N–H and O–H groups in total. The Labute approximate surface area is 118 Å². The number of nitrogens with zero attached hydrogens (tertiary/aromatic N) is 2. The number of hydrogen-bond acceptors (Lipinski definition) is 4. The van der Waals surface area contributed by atoms with E-state index in [1.807, 2.05) is 0 Å². The van der Waals surface area contributed by atoms with Gasteiger partial charge < -0.3 is 24.7 Å². The average molecular weight is 286 g/mol. The van der Waals surface area contributed by atoms with Crippen LogP contribution in [0.3, 0.4) is 0 Å². The Morgan fingerprint density at radius 2 is 2.10 bits per heavy atom. The zero-order valence-electron chi connectivity index (χ0n) is 11.7. The Bertz CT molecular complexity index is 374. The second-order valence-corrected chi connectivity index (χ2v) is 5.59. The van der Waals surface area contributed by atoms with Crippen LogP contribution in [0.15, 0.2) is 0 Å². The molecule has 7 nitrogen and oxygen atoms in total. The van der Waals surface area contributed by atoms with Crippen LogP contribution in [0.5, 0.6) is 0 Å². The summed E-state index contributed by atoms with van der Waals surface area (Å²) in [6.45, 7) is 1.93. The molecule has 0 spiro atoms. The molecule has 7 heteroatoms. The molecule has 2 saturated heterocycles. The molecule has 0 aliphatic carbocycles. The van der Waals surface area contributed by atoms with Crippen molar-refractivity contribution in [3.05, 3.63) is 0 Å². The largest absolute Gasteiger partial charge is 0.480 e. The summed E-state index contributed by atoms with van der Waals surface area (Å²) in [5, 5.41) is 18.7. The van der Waals surface area contributed by atoms with E-state index < -0.39 is 18.1 Å². The predicted octanol–water partition coefficient (Wildman–Crippen LogP) is -0.0154. The summed E-state index contributed by atoms with van der Waals surface area (Å²) in [7, 11) is 1.64. The molecule has 0 aromatic heterocycles. The Morgan fingerprint density at radius 3 is 2.75 bits per heavy atom. The van der Waals surface area contributed by atoms with Crippen LogP contribution in [0.25, 0.3) is 0 Å². The lowest BCUT2D eigenvalue weighted by Crippen LogP contribution is -2.51. The van der Waals surface area contributed by atoms with E-state index in [9.17, 15) is 14.7 Å². The highest BCUT2D eigenvalue weighted by Crippen LogP contribution is 2.23. The molecule has 0 aromatic carbocycles. The molecule has 2 fully saturated rings. The van der Waals surface area contributed by atoms with Gasteiger partial charge in [-0.3, -0.25) is 0 Å². The smallest absolute Gasteiger partial charge is 0.326 e. The third-order valence-electron chi connectivity index (χ3n) is 4.00. The van der Waals surface area contributed by atoms with Gasteiger partial charge in [0.1, 0.15) is 6.04 Å². The number of carbonyl (C=O) groups excluding carboxylic acids is 1. The first kappa shape index (κ1) is 15.1. The fraction of sp³-hybridized carbons (Fsp3) is 0.846. The molecular weight excluding hydrogens is 264 g/mol. The van der Waals surface area contributed by atoms with Crippen molar-refractivity contribution in [2.75, 3.05) is 33.4 Å². The quantitative estimate of drug-likeness (QED) is 0.761. The van der Waals surface area contributed by atoms with E-state index in [2.05, 4.69) is 0 Å². The van der Waals surface area contributed by atoms with Gasteiger partial charge in [0.05, 0.1) is 12.7 Å². The van der Waals surface area contributed by atoms with Crippen LogP contribution in [0.4, 0.5) is 4.79 Å². The lowest BCUT2D eigenvalue weighted by atomic mass is 9.99. The number of hydrogen-bond donors (Lipinski definition) is 2. The van der Waals surface area contributed by atoms with Crippen molar-refractivity contribution >= 4 is 12.0 Å². The highest BCUT2D eigenvalue weighted by Gasteiger charge is 2.41. The highest BCUT2D eigenvalue weighted by atomic mass is 16.5. The SMILES string of the molecule is COCC1CCCN(C(=O)N2C[C@H](O)C[C@H]2C(=O)O)C1. The number of β-amino-alcohol motifs (C(OH)–C–C–N with tert-alkyl or cyclic N) is 1. The molecule has 1 unspecified atom stereocenters. The molecule has 2 aliphatic rings. The molecule has 3 atom stereocenters. The summed E-state index contributed by atoms with van der Waals surface area (Å²) in [5.41, 5.74) is 0. The Morgan fingerprint density at radius 1 is 1.35 bits per heavy atom. The third kappa shape index (κ3) is 3.21. The topological polar surface area (TPSA) is 90.3 Å². The molecule has 114 valence electrons. The first-order chi connectivity index (χ1) is 9.52. The van der Waals surface area contributed by atoms with Gasteiger partial charge in [-0.05, 0) is 12.8 Å². The van der Waals surface area contributed by atoms with Gasteiger partial charge in [0, 0.05) is 39.1 Å². The second-order valence-electron chi connectivity index (χ2n) is 5.59. The first-order valence-electron chi connectivity index (χ1n) is 6.98. The third-order valence-corrected chi connectivity index (χ3v) is 4.00. The van der Waals surface area contributed by atoms with Crippen molar-refractivity contribution < 1.29 is 24.5 Å². The number of rotatable bonds is 3. The molecule has 0 radical (unpaired) electrons. The van der Waals surface area contributed by atoms with Gasteiger partial charge in [-0.2, -0.15) is 0 Å². The molecule has 0 aromatic rings. The van der Waals surface area contributed by atoms with E-state index in [0.29, 0.717) is 25.6 Å². The summed E-state index contributed by atoms with van der Waals surface area (Å²) in [6.07, 6.45) is 1.27. The maximum absolute atomic E-state index is 12.4. The standard InChI is InChI=1S/C13H22N2O5/c1-20-8-9-3-2-4-14(6-9)13(19)15-7-10(16)5-11(15)12(17)18/h9-11,16H,2-8H2,1H3,(H,17,18)/t9?,10-,11+/m1/s1. The van der Waals surface area contributed by atoms with Crippen LogP contribution < -0.4 is 0 Å². The molecule has 20 heavy (non-hydrogen) atoms. The zero-order valence-corrected chi connectivity index (χ0v) is 11.7. The molecule has 2 aliphatic heterocycles. The van der Waals surface area contributed by atoms with Crippen LogP contribution >= 0.6 is 0 Å². The molecular formula is C13H22N2O5. The van der Waals surface area contributed by atoms with Crippen LogP contribution in [-0.2, 0) is 9.53 Å². The van der Waals surface area contributed by atoms with E-state index in [1.165, 1.54) is 4.90 Å². The maximum atomic E-state index is 12.4. The van der Waals surface area contributed by atoms with E-state index >= 15 is 0 Å². The molecule has 2 rings (SSSR count). The minimum atomic E-state index is -1.06.